The number of rotatable bonds is 3. The van der Waals surface area contributed by atoms with Crippen LogP contribution in [0.4, 0.5) is 5.82 Å². The van der Waals surface area contributed by atoms with Gasteiger partial charge in [0.1, 0.15) is 5.82 Å². The van der Waals surface area contributed by atoms with Gasteiger partial charge in [0, 0.05) is 24.8 Å². The molecule has 0 bridgehead atoms. The Kier molecular flexibility index (Phi) is 3.81. The van der Waals surface area contributed by atoms with Gasteiger partial charge in [-0.2, -0.15) is 0 Å². The molecule has 3 rings (SSSR count). The van der Waals surface area contributed by atoms with Crippen molar-refractivity contribution in [2.45, 2.75) is 37.8 Å². The molecule has 0 amide bonds. The number of halogens is 1. The normalized spacial score (nSPS) is 26.2. The maximum absolute atomic E-state index is 10.9. The molecular formula is C14H18ClN3O2. The molecular weight excluding hydrogens is 278 g/mol. The van der Waals surface area contributed by atoms with E-state index in [2.05, 4.69) is 15.2 Å². The zero-order valence-electron chi connectivity index (χ0n) is 11.2. The average Bonchev–Trinajstić information content (AvgIpc) is 2.84. The number of carboxylic acids is 1. The van der Waals surface area contributed by atoms with Crippen molar-refractivity contribution in [1.29, 1.82) is 0 Å². The fourth-order valence-electron chi connectivity index (χ4n) is 3.25. The van der Waals surface area contributed by atoms with E-state index in [1.54, 1.807) is 0 Å². The first-order valence-electron chi connectivity index (χ1n) is 7.04. The smallest absolute Gasteiger partial charge is 0.337 e. The largest absolute Gasteiger partial charge is 0.478 e. The Labute approximate surface area is 122 Å². The second kappa shape index (κ2) is 5.58. The molecule has 6 heteroatoms. The van der Waals surface area contributed by atoms with E-state index in [9.17, 15) is 4.79 Å². The third kappa shape index (κ3) is 2.60. The third-order valence-corrected chi connectivity index (χ3v) is 4.55. The van der Waals surface area contributed by atoms with E-state index in [4.69, 9.17) is 16.7 Å². The number of hydrogen-bond donors (Lipinski definition) is 2. The lowest BCUT2D eigenvalue weighted by molar-refractivity contribution is 0.0696. The highest BCUT2D eigenvalue weighted by atomic mass is 35.5. The van der Waals surface area contributed by atoms with Gasteiger partial charge in [0.15, 0.2) is 0 Å². The molecule has 2 fully saturated rings. The lowest BCUT2D eigenvalue weighted by Gasteiger charge is -2.32. The van der Waals surface area contributed by atoms with Gasteiger partial charge < -0.3 is 10.4 Å². The first kappa shape index (κ1) is 13.6. The van der Waals surface area contributed by atoms with Crippen LogP contribution < -0.4 is 5.32 Å². The van der Waals surface area contributed by atoms with E-state index in [0.717, 1.165) is 13.0 Å². The van der Waals surface area contributed by atoms with E-state index in [1.165, 1.54) is 38.1 Å². The predicted molar refractivity (Wildman–Crippen MR) is 77.4 cm³/mol. The van der Waals surface area contributed by atoms with Gasteiger partial charge in [0.05, 0.1) is 10.6 Å². The van der Waals surface area contributed by atoms with Gasteiger partial charge in [-0.15, -0.1) is 0 Å². The second-order valence-corrected chi connectivity index (χ2v) is 5.91. The quantitative estimate of drug-likeness (QED) is 0.897. The minimum absolute atomic E-state index is 0.117. The number of nitrogens with zero attached hydrogens (tertiary/aromatic N) is 2. The zero-order valence-corrected chi connectivity index (χ0v) is 11.9. The number of anilines is 1. The van der Waals surface area contributed by atoms with E-state index < -0.39 is 5.97 Å². The first-order chi connectivity index (χ1) is 9.65. The summed E-state index contributed by atoms with van der Waals surface area (Å²) >= 11 is 6.13. The van der Waals surface area contributed by atoms with Gasteiger partial charge in [-0.3, -0.25) is 4.90 Å². The SMILES string of the molecule is O=C(O)c1cnc(NC2CCN3CCCCC23)c(Cl)c1. The van der Waals surface area contributed by atoms with Gasteiger partial charge >= 0.3 is 5.97 Å². The van der Waals surface area contributed by atoms with Crippen LogP contribution in [0.25, 0.3) is 0 Å². The zero-order chi connectivity index (χ0) is 14.1. The molecule has 0 saturated carbocycles. The number of fused-ring (bicyclic) bond motifs is 1. The maximum Gasteiger partial charge on any atom is 0.337 e. The Morgan fingerprint density at radius 1 is 1.40 bits per heavy atom. The van der Waals surface area contributed by atoms with Crippen molar-refractivity contribution in [3.05, 3.63) is 22.8 Å². The van der Waals surface area contributed by atoms with Crippen LogP contribution in [0.3, 0.4) is 0 Å². The summed E-state index contributed by atoms with van der Waals surface area (Å²) in [7, 11) is 0. The van der Waals surface area contributed by atoms with Gasteiger partial charge in [-0.05, 0) is 31.9 Å². The number of hydrogen-bond acceptors (Lipinski definition) is 4. The molecule has 2 atom stereocenters. The van der Waals surface area contributed by atoms with E-state index in [1.807, 2.05) is 0 Å². The number of aromatic carboxylic acids is 1. The number of piperidine rings is 1. The summed E-state index contributed by atoms with van der Waals surface area (Å²) in [4.78, 5) is 17.6. The fourth-order valence-corrected chi connectivity index (χ4v) is 3.47. The Hall–Kier alpha value is -1.33. The molecule has 20 heavy (non-hydrogen) atoms. The summed E-state index contributed by atoms with van der Waals surface area (Å²) in [5, 5.41) is 12.7. The van der Waals surface area contributed by atoms with Crippen LogP contribution in [0.15, 0.2) is 12.3 Å². The molecule has 0 aliphatic carbocycles. The topological polar surface area (TPSA) is 65.5 Å². The maximum atomic E-state index is 10.9. The summed E-state index contributed by atoms with van der Waals surface area (Å²) < 4.78 is 0. The van der Waals surface area contributed by atoms with E-state index in [0.29, 0.717) is 22.9 Å². The van der Waals surface area contributed by atoms with Crippen LogP contribution in [0.2, 0.25) is 5.02 Å². The molecule has 2 unspecified atom stereocenters. The standard InChI is InChI=1S/C14H18ClN3O2/c15-10-7-9(14(19)20)8-16-13(10)17-11-4-6-18-5-2-1-3-12(11)18/h7-8,11-12H,1-6H2,(H,16,17)(H,19,20). The molecule has 0 spiro atoms. The van der Waals surface area contributed by atoms with Crippen molar-refractivity contribution in [2.75, 3.05) is 18.4 Å². The van der Waals surface area contributed by atoms with Crippen LogP contribution in [-0.4, -0.2) is 46.1 Å². The number of aromatic nitrogens is 1. The molecule has 0 radical (unpaired) electrons. The monoisotopic (exact) mass is 295 g/mol. The minimum atomic E-state index is -1.01. The minimum Gasteiger partial charge on any atom is -0.478 e. The van der Waals surface area contributed by atoms with Crippen molar-refractivity contribution in [1.82, 2.24) is 9.88 Å². The lowest BCUT2D eigenvalue weighted by atomic mass is 9.99. The molecule has 3 heterocycles. The Morgan fingerprint density at radius 3 is 3.00 bits per heavy atom. The van der Waals surface area contributed by atoms with Crippen LogP contribution in [0.1, 0.15) is 36.0 Å². The lowest BCUT2D eigenvalue weighted by Crippen LogP contribution is -2.41. The molecule has 108 valence electrons. The molecule has 1 aromatic heterocycles. The van der Waals surface area contributed by atoms with Crippen molar-refractivity contribution >= 4 is 23.4 Å². The molecule has 1 aromatic rings. The van der Waals surface area contributed by atoms with Crippen LogP contribution in [0, 0.1) is 0 Å². The van der Waals surface area contributed by atoms with Crippen LogP contribution >= 0.6 is 11.6 Å². The average molecular weight is 296 g/mol. The van der Waals surface area contributed by atoms with Crippen LogP contribution in [-0.2, 0) is 0 Å². The number of nitrogens with one attached hydrogen (secondary N) is 1. The van der Waals surface area contributed by atoms with Gasteiger partial charge in [0.25, 0.3) is 0 Å². The summed E-state index contributed by atoms with van der Waals surface area (Å²) in [5.74, 6) is -0.417. The van der Waals surface area contributed by atoms with Gasteiger partial charge in [-0.25, -0.2) is 9.78 Å². The molecule has 0 aromatic carbocycles. The summed E-state index contributed by atoms with van der Waals surface area (Å²) in [6, 6.07) is 2.36. The molecule has 2 aliphatic rings. The van der Waals surface area contributed by atoms with E-state index >= 15 is 0 Å². The first-order valence-corrected chi connectivity index (χ1v) is 7.42. The molecule has 5 nitrogen and oxygen atoms in total. The molecule has 2 N–H and O–H groups in total. The second-order valence-electron chi connectivity index (χ2n) is 5.50. The Morgan fingerprint density at radius 2 is 2.25 bits per heavy atom. The van der Waals surface area contributed by atoms with Crippen molar-refractivity contribution in [3.63, 3.8) is 0 Å². The summed E-state index contributed by atoms with van der Waals surface area (Å²) in [6.45, 7) is 2.30. The number of pyridine rings is 1. The number of carboxylic acid groups (broad SMARTS) is 1. The van der Waals surface area contributed by atoms with Gasteiger partial charge in [-0.1, -0.05) is 18.0 Å². The summed E-state index contributed by atoms with van der Waals surface area (Å²) in [6.07, 6.45) is 6.21. The van der Waals surface area contributed by atoms with Crippen molar-refractivity contribution < 1.29 is 9.90 Å². The summed E-state index contributed by atoms with van der Waals surface area (Å²) in [5.41, 5.74) is 0.117. The predicted octanol–water partition coefficient (Wildman–Crippen LogP) is 2.47. The van der Waals surface area contributed by atoms with E-state index in [-0.39, 0.29) is 5.56 Å². The highest BCUT2D eigenvalue weighted by Crippen LogP contribution is 2.30. The number of carbonyl (C=O) groups is 1. The molecule has 2 saturated heterocycles. The van der Waals surface area contributed by atoms with Crippen molar-refractivity contribution in [2.24, 2.45) is 0 Å². The Bertz CT molecular complexity index is 523. The van der Waals surface area contributed by atoms with Crippen LogP contribution in [0.5, 0.6) is 0 Å². The van der Waals surface area contributed by atoms with Crippen molar-refractivity contribution in [3.8, 4) is 0 Å². The fraction of sp³-hybridized carbons (Fsp3) is 0.571. The highest BCUT2D eigenvalue weighted by Gasteiger charge is 2.35. The molecule has 2 aliphatic heterocycles. The van der Waals surface area contributed by atoms with Gasteiger partial charge in [0.2, 0.25) is 0 Å². The Balaban J connectivity index is 1.73. The highest BCUT2D eigenvalue weighted by molar-refractivity contribution is 6.33. The third-order valence-electron chi connectivity index (χ3n) is 4.27.